The number of ether oxygens (including phenoxy) is 1. The van der Waals surface area contributed by atoms with Crippen LogP contribution in [0.2, 0.25) is 0 Å². The van der Waals surface area contributed by atoms with Gasteiger partial charge < -0.3 is 10.1 Å². The summed E-state index contributed by atoms with van der Waals surface area (Å²) in [6.07, 6.45) is 1.56. The van der Waals surface area contributed by atoms with Crippen molar-refractivity contribution in [3.63, 3.8) is 0 Å². The molecule has 0 aliphatic carbocycles. The first kappa shape index (κ1) is 18.4. The molecule has 0 fully saturated rings. The van der Waals surface area contributed by atoms with Crippen molar-refractivity contribution < 1.29 is 14.3 Å². The molecule has 1 heterocycles. The van der Waals surface area contributed by atoms with Crippen LogP contribution < -0.4 is 10.1 Å². The summed E-state index contributed by atoms with van der Waals surface area (Å²) in [6.45, 7) is 1.86. The molecule has 1 N–H and O–H groups in total. The number of nitrogens with zero attached hydrogens (tertiary/aromatic N) is 1. The predicted molar refractivity (Wildman–Crippen MR) is 112 cm³/mol. The summed E-state index contributed by atoms with van der Waals surface area (Å²) in [5.41, 5.74) is 2.19. The third-order valence-corrected chi connectivity index (χ3v) is 4.58. The zero-order valence-electron chi connectivity index (χ0n) is 15.8. The molecule has 0 unspecified atom stereocenters. The van der Waals surface area contributed by atoms with Crippen LogP contribution in [-0.4, -0.2) is 16.9 Å². The van der Waals surface area contributed by atoms with Crippen molar-refractivity contribution in [2.75, 3.05) is 5.32 Å². The number of nitrogens with one attached hydrogen (secondary N) is 1. The maximum Gasteiger partial charge on any atom is 0.343 e. The van der Waals surface area contributed by atoms with E-state index in [1.165, 1.54) is 0 Å². The fourth-order valence-corrected chi connectivity index (χ4v) is 3.14. The Hall–Kier alpha value is -3.99. The summed E-state index contributed by atoms with van der Waals surface area (Å²) in [5.74, 6) is -0.396. The van der Waals surface area contributed by atoms with Crippen LogP contribution in [0.15, 0.2) is 85.1 Å². The Morgan fingerprint density at radius 1 is 0.862 bits per heavy atom. The van der Waals surface area contributed by atoms with Crippen molar-refractivity contribution in [2.24, 2.45) is 0 Å². The summed E-state index contributed by atoms with van der Waals surface area (Å²) in [5, 5.41) is 4.37. The van der Waals surface area contributed by atoms with Gasteiger partial charge in [-0.1, -0.05) is 48.5 Å². The minimum Gasteiger partial charge on any atom is -0.422 e. The standard InChI is InChI=1S/C24H18N2O3/c1-16-8-2-3-11-18(16)24(28)29-21-14-7-10-17-9-6-13-19(22(17)21)26-23(27)20-12-4-5-15-25-20/h2-15H,1H3,(H,26,27). The van der Waals surface area contributed by atoms with Crippen LogP contribution in [0.4, 0.5) is 5.69 Å². The highest BCUT2D eigenvalue weighted by Gasteiger charge is 2.16. The van der Waals surface area contributed by atoms with Gasteiger partial charge in [0.25, 0.3) is 5.91 Å². The fraction of sp³-hybridized carbons (Fsp3) is 0.0417. The van der Waals surface area contributed by atoms with Gasteiger partial charge in [-0.25, -0.2) is 4.79 Å². The molecule has 0 saturated heterocycles. The van der Waals surface area contributed by atoms with Gasteiger partial charge in [-0.15, -0.1) is 0 Å². The van der Waals surface area contributed by atoms with E-state index in [9.17, 15) is 9.59 Å². The van der Waals surface area contributed by atoms with Crippen LogP contribution in [0, 0.1) is 6.92 Å². The lowest BCUT2D eigenvalue weighted by Gasteiger charge is -2.13. The molecular formula is C24H18N2O3. The minimum absolute atomic E-state index is 0.305. The molecule has 0 bridgehead atoms. The molecule has 0 aliphatic rings. The van der Waals surface area contributed by atoms with Gasteiger partial charge in [0.15, 0.2) is 0 Å². The Bertz CT molecular complexity index is 1200. The van der Waals surface area contributed by atoms with Crippen molar-refractivity contribution in [1.82, 2.24) is 4.98 Å². The second kappa shape index (κ2) is 7.94. The van der Waals surface area contributed by atoms with Crippen LogP contribution in [0.5, 0.6) is 5.75 Å². The van der Waals surface area contributed by atoms with E-state index in [0.29, 0.717) is 28.1 Å². The van der Waals surface area contributed by atoms with Gasteiger partial charge in [-0.2, -0.15) is 0 Å². The van der Waals surface area contributed by atoms with E-state index in [4.69, 9.17) is 4.74 Å². The van der Waals surface area contributed by atoms with Gasteiger partial charge in [0.05, 0.1) is 11.3 Å². The molecule has 4 aromatic rings. The molecule has 0 atom stereocenters. The van der Waals surface area contributed by atoms with Crippen molar-refractivity contribution >= 4 is 28.3 Å². The van der Waals surface area contributed by atoms with Gasteiger partial charge in [-0.05, 0) is 48.2 Å². The third kappa shape index (κ3) is 3.84. The number of pyridine rings is 1. The molecule has 0 radical (unpaired) electrons. The summed E-state index contributed by atoms with van der Waals surface area (Å²) < 4.78 is 5.72. The van der Waals surface area contributed by atoms with Crippen molar-refractivity contribution in [3.05, 3.63) is 102 Å². The molecule has 3 aromatic carbocycles. The van der Waals surface area contributed by atoms with Crippen molar-refractivity contribution in [2.45, 2.75) is 6.92 Å². The Labute approximate surface area is 168 Å². The number of aryl methyl sites for hydroxylation is 1. The first-order valence-corrected chi connectivity index (χ1v) is 9.15. The lowest BCUT2D eigenvalue weighted by Crippen LogP contribution is -2.14. The summed E-state index contributed by atoms with van der Waals surface area (Å²) in [7, 11) is 0. The molecule has 1 amide bonds. The zero-order valence-corrected chi connectivity index (χ0v) is 15.8. The van der Waals surface area contributed by atoms with Crippen LogP contribution in [0.25, 0.3) is 10.8 Å². The van der Waals surface area contributed by atoms with Crippen molar-refractivity contribution in [1.29, 1.82) is 0 Å². The maximum absolute atomic E-state index is 12.7. The number of amides is 1. The topological polar surface area (TPSA) is 68.3 Å². The fourth-order valence-electron chi connectivity index (χ4n) is 3.14. The second-order valence-electron chi connectivity index (χ2n) is 6.53. The normalized spacial score (nSPS) is 10.5. The first-order valence-electron chi connectivity index (χ1n) is 9.15. The highest BCUT2D eigenvalue weighted by atomic mass is 16.5. The Morgan fingerprint density at radius 3 is 2.38 bits per heavy atom. The molecule has 5 nitrogen and oxygen atoms in total. The summed E-state index contributed by atoms with van der Waals surface area (Å²) in [6, 6.07) is 23.3. The molecule has 5 heteroatoms. The summed E-state index contributed by atoms with van der Waals surface area (Å²) >= 11 is 0. The Morgan fingerprint density at radius 2 is 1.62 bits per heavy atom. The van der Waals surface area contributed by atoms with E-state index < -0.39 is 5.97 Å². The lowest BCUT2D eigenvalue weighted by molar-refractivity contribution is 0.0736. The van der Waals surface area contributed by atoms with Gasteiger partial charge in [0.1, 0.15) is 11.4 Å². The zero-order chi connectivity index (χ0) is 20.2. The smallest absolute Gasteiger partial charge is 0.343 e. The largest absolute Gasteiger partial charge is 0.422 e. The molecule has 4 rings (SSSR count). The Kier molecular flexibility index (Phi) is 5.03. The van der Waals surface area contributed by atoms with Crippen molar-refractivity contribution in [3.8, 4) is 5.75 Å². The molecule has 29 heavy (non-hydrogen) atoms. The number of hydrogen-bond acceptors (Lipinski definition) is 4. The average molecular weight is 382 g/mol. The monoisotopic (exact) mass is 382 g/mol. The minimum atomic E-state index is -0.443. The number of aromatic nitrogens is 1. The van der Waals surface area contributed by atoms with E-state index in [-0.39, 0.29) is 5.91 Å². The number of anilines is 1. The molecule has 0 saturated carbocycles. The Balaban J connectivity index is 1.71. The van der Waals surface area contributed by atoms with Crippen LogP contribution in [0.1, 0.15) is 26.4 Å². The number of benzene rings is 3. The van der Waals surface area contributed by atoms with Gasteiger partial charge in [0.2, 0.25) is 0 Å². The highest BCUT2D eigenvalue weighted by Crippen LogP contribution is 2.33. The third-order valence-electron chi connectivity index (χ3n) is 4.58. The van der Waals surface area contributed by atoms with E-state index in [1.54, 1.807) is 48.7 Å². The van der Waals surface area contributed by atoms with E-state index in [1.807, 2.05) is 43.3 Å². The molecular weight excluding hydrogens is 364 g/mol. The van der Waals surface area contributed by atoms with Gasteiger partial charge in [0, 0.05) is 11.6 Å². The van der Waals surface area contributed by atoms with Crippen LogP contribution in [0.3, 0.4) is 0 Å². The number of fused-ring (bicyclic) bond motifs is 1. The number of esters is 1. The molecule has 0 aliphatic heterocycles. The molecule has 1 aromatic heterocycles. The maximum atomic E-state index is 12.7. The van der Waals surface area contributed by atoms with Gasteiger partial charge in [-0.3, -0.25) is 9.78 Å². The van der Waals surface area contributed by atoms with E-state index in [0.717, 1.165) is 10.9 Å². The number of carbonyl (C=O) groups is 2. The molecule has 0 spiro atoms. The molecule has 142 valence electrons. The average Bonchev–Trinajstić information content (AvgIpc) is 2.75. The first-order chi connectivity index (χ1) is 14.1. The number of hydrogen-bond donors (Lipinski definition) is 1. The quantitative estimate of drug-likeness (QED) is 0.398. The number of rotatable bonds is 4. The SMILES string of the molecule is Cc1ccccc1C(=O)Oc1cccc2cccc(NC(=O)c3ccccn3)c12. The second-order valence-corrected chi connectivity index (χ2v) is 6.53. The van der Waals surface area contributed by atoms with Gasteiger partial charge >= 0.3 is 5.97 Å². The predicted octanol–water partition coefficient (Wildman–Crippen LogP) is 5.01. The van der Waals surface area contributed by atoms with Crippen LogP contribution in [-0.2, 0) is 0 Å². The lowest BCUT2D eigenvalue weighted by atomic mass is 10.1. The van der Waals surface area contributed by atoms with Crippen LogP contribution >= 0.6 is 0 Å². The van der Waals surface area contributed by atoms with E-state index in [2.05, 4.69) is 10.3 Å². The highest BCUT2D eigenvalue weighted by molar-refractivity contribution is 6.10. The van der Waals surface area contributed by atoms with E-state index >= 15 is 0 Å². The summed E-state index contributed by atoms with van der Waals surface area (Å²) in [4.78, 5) is 29.4. The number of carbonyl (C=O) groups excluding carboxylic acids is 2.